The number of benzene rings is 2. The summed E-state index contributed by atoms with van der Waals surface area (Å²) in [5.41, 5.74) is 0.579. The minimum atomic E-state index is -4.15. The highest BCUT2D eigenvalue weighted by Gasteiger charge is 2.41. The summed E-state index contributed by atoms with van der Waals surface area (Å²) in [4.78, 5) is 40.2. The summed E-state index contributed by atoms with van der Waals surface area (Å²) in [5.74, 6) is -1.79. The zero-order valence-electron chi connectivity index (χ0n) is 20.6. The third kappa shape index (κ3) is 5.44. The molecular formula is C26H29N3O7S2. The van der Waals surface area contributed by atoms with Gasteiger partial charge in [0.05, 0.1) is 4.90 Å². The predicted octanol–water partition coefficient (Wildman–Crippen LogP) is 1.94. The molecule has 1 amide bonds. The van der Waals surface area contributed by atoms with Crippen LogP contribution in [-0.2, 0) is 24.3 Å². The Balaban J connectivity index is 1.36. The Kier molecular flexibility index (Phi) is 7.75. The van der Waals surface area contributed by atoms with Crippen LogP contribution in [0.1, 0.15) is 34.8 Å². The third-order valence-corrected chi connectivity index (χ3v) is 10.5. The van der Waals surface area contributed by atoms with E-state index in [2.05, 4.69) is 10.2 Å². The molecule has 4 heterocycles. The highest BCUT2D eigenvalue weighted by Crippen LogP contribution is 2.32. The fourth-order valence-corrected chi connectivity index (χ4v) is 8.28. The zero-order valence-corrected chi connectivity index (χ0v) is 22.2. The molecule has 202 valence electrons. The number of thioether (sulfide) groups is 1. The largest absolute Gasteiger partial charge is 0.479 e. The van der Waals surface area contributed by atoms with Crippen molar-refractivity contribution in [2.45, 2.75) is 35.3 Å². The molecule has 10 nitrogen and oxygen atoms in total. The quantitative estimate of drug-likeness (QED) is 0.466. The Labute approximate surface area is 225 Å². The van der Waals surface area contributed by atoms with Crippen molar-refractivity contribution in [2.24, 2.45) is 5.92 Å². The fourth-order valence-electron chi connectivity index (χ4n) is 5.23. The topological polar surface area (TPSA) is 133 Å². The van der Waals surface area contributed by atoms with E-state index < -0.39 is 39.3 Å². The van der Waals surface area contributed by atoms with Gasteiger partial charge in [-0.05, 0) is 55.6 Å². The molecule has 12 heteroatoms. The lowest BCUT2D eigenvalue weighted by Gasteiger charge is -2.44. The van der Waals surface area contributed by atoms with Crippen molar-refractivity contribution < 1.29 is 32.6 Å². The summed E-state index contributed by atoms with van der Waals surface area (Å²) in [7, 11) is -4.15. The summed E-state index contributed by atoms with van der Waals surface area (Å²) in [5, 5.41) is 10.9. The van der Waals surface area contributed by atoms with Gasteiger partial charge in [0.25, 0.3) is 5.91 Å². The van der Waals surface area contributed by atoms with Gasteiger partial charge in [-0.15, -0.1) is 11.8 Å². The molecule has 2 N–H and O–H groups in total. The normalized spacial score (nSPS) is 26.0. The number of ether oxygens (including phenoxy) is 1. The standard InChI is InChI=1S/C26H29N3O7S2/c30-23(19-7-4-8-20(15-19)38(34,35)29-13-14-37-24(29)25(31)32)27-22(18-5-2-1-3-6-18)26(33)36-21-16-28-11-9-17(21)10-12-28/h1-8,15,17,21-22,24H,9-14,16H2,(H,27,30)(H,31,32)/t21-,22?,24-/m0/s1. The fraction of sp³-hybridized carbons (Fsp3) is 0.423. The van der Waals surface area contributed by atoms with E-state index in [9.17, 15) is 27.9 Å². The molecule has 38 heavy (non-hydrogen) atoms. The van der Waals surface area contributed by atoms with Gasteiger partial charge in [0.15, 0.2) is 11.4 Å². The Morgan fingerprint density at radius 2 is 1.76 bits per heavy atom. The highest BCUT2D eigenvalue weighted by atomic mass is 32.2. The number of esters is 1. The van der Waals surface area contributed by atoms with E-state index in [0.717, 1.165) is 42.0 Å². The van der Waals surface area contributed by atoms with Crippen LogP contribution in [0.3, 0.4) is 0 Å². The van der Waals surface area contributed by atoms with Crippen LogP contribution < -0.4 is 5.32 Å². The van der Waals surface area contributed by atoms with Gasteiger partial charge in [-0.1, -0.05) is 36.4 Å². The van der Waals surface area contributed by atoms with Crippen LogP contribution in [-0.4, -0.2) is 84.0 Å². The van der Waals surface area contributed by atoms with Gasteiger partial charge in [0, 0.05) is 24.4 Å². The highest BCUT2D eigenvalue weighted by molar-refractivity contribution is 8.02. The second-order valence-corrected chi connectivity index (χ2v) is 12.7. The molecule has 6 rings (SSSR count). The second kappa shape index (κ2) is 11.0. The molecule has 0 spiro atoms. The number of piperidine rings is 3. The van der Waals surface area contributed by atoms with Crippen LogP contribution in [0.5, 0.6) is 0 Å². The molecule has 4 fully saturated rings. The van der Waals surface area contributed by atoms with Crippen molar-refractivity contribution in [2.75, 3.05) is 31.9 Å². The first-order valence-electron chi connectivity index (χ1n) is 12.5. The monoisotopic (exact) mass is 559 g/mol. The van der Waals surface area contributed by atoms with E-state index >= 15 is 0 Å². The number of carboxylic acids is 1. The van der Waals surface area contributed by atoms with Crippen molar-refractivity contribution in [1.82, 2.24) is 14.5 Å². The van der Waals surface area contributed by atoms with Crippen molar-refractivity contribution in [3.8, 4) is 0 Å². The zero-order chi connectivity index (χ0) is 26.9. The summed E-state index contributed by atoms with van der Waals surface area (Å²) >= 11 is 1.03. The number of carbonyl (C=O) groups excluding carboxylic acids is 2. The molecule has 0 aliphatic carbocycles. The van der Waals surface area contributed by atoms with Crippen LogP contribution in [0.2, 0.25) is 0 Å². The molecular weight excluding hydrogens is 530 g/mol. The van der Waals surface area contributed by atoms with Crippen LogP contribution in [0, 0.1) is 5.92 Å². The predicted molar refractivity (Wildman–Crippen MR) is 140 cm³/mol. The van der Waals surface area contributed by atoms with Crippen LogP contribution in [0.4, 0.5) is 0 Å². The summed E-state index contributed by atoms with van der Waals surface area (Å²) in [6.07, 6.45) is 1.71. The Hall–Kier alpha value is -2.93. The first kappa shape index (κ1) is 26.7. The molecule has 0 saturated carbocycles. The number of carboxylic acid groups (broad SMARTS) is 1. The maximum absolute atomic E-state index is 13.3. The molecule has 4 saturated heterocycles. The van der Waals surface area contributed by atoms with Crippen molar-refractivity contribution in [3.05, 3.63) is 65.7 Å². The average molecular weight is 560 g/mol. The van der Waals surface area contributed by atoms with E-state index in [1.807, 2.05) is 0 Å². The SMILES string of the molecule is O=C(NC(C(=O)O[C@H]1CN2CCC1CC2)c1ccccc1)c1cccc(S(=O)(=O)N2CCS[C@H]2C(=O)O)c1. The van der Waals surface area contributed by atoms with Gasteiger partial charge in [0.1, 0.15) is 6.10 Å². The first-order valence-corrected chi connectivity index (χ1v) is 15.0. The molecule has 0 aromatic heterocycles. The van der Waals surface area contributed by atoms with Gasteiger partial charge in [-0.25, -0.2) is 18.0 Å². The Bertz CT molecular complexity index is 1310. The molecule has 2 aromatic rings. The number of rotatable bonds is 8. The summed E-state index contributed by atoms with van der Waals surface area (Å²) < 4.78 is 33.2. The second-order valence-electron chi connectivity index (χ2n) is 9.64. The van der Waals surface area contributed by atoms with Crippen molar-refractivity contribution in [3.63, 3.8) is 0 Å². The van der Waals surface area contributed by atoms with E-state index in [-0.39, 0.29) is 23.1 Å². The first-order chi connectivity index (χ1) is 18.2. The molecule has 2 bridgehead atoms. The number of aliphatic carboxylic acids is 1. The number of nitrogens with zero attached hydrogens (tertiary/aromatic N) is 2. The number of nitrogens with one attached hydrogen (secondary N) is 1. The average Bonchev–Trinajstić information content (AvgIpc) is 3.44. The van der Waals surface area contributed by atoms with Gasteiger partial charge in [-0.2, -0.15) is 4.31 Å². The molecule has 4 aliphatic rings. The summed E-state index contributed by atoms with van der Waals surface area (Å²) in [6, 6.07) is 13.1. The van der Waals surface area contributed by atoms with Crippen LogP contribution in [0.15, 0.2) is 59.5 Å². The number of hydrogen-bond donors (Lipinski definition) is 2. The van der Waals surface area contributed by atoms with Crippen LogP contribution >= 0.6 is 11.8 Å². The van der Waals surface area contributed by atoms with Crippen molar-refractivity contribution >= 4 is 39.6 Å². The minimum Gasteiger partial charge on any atom is -0.479 e. The maximum Gasteiger partial charge on any atom is 0.333 e. The number of carbonyl (C=O) groups is 3. The maximum atomic E-state index is 13.3. The number of amides is 1. The van der Waals surface area contributed by atoms with E-state index in [1.165, 1.54) is 24.3 Å². The van der Waals surface area contributed by atoms with E-state index in [1.54, 1.807) is 30.3 Å². The lowest BCUT2D eigenvalue weighted by atomic mass is 9.86. The Morgan fingerprint density at radius 1 is 1.03 bits per heavy atom. The third-order valence-electron chi connectivity index (χ3n) is 7.27. The smallest absolute Gasteiger partial charge is 0.333 e. The Morgan fingerprint density at radius 3 is 2.42 bits per heavy atom. The van der Waals surface area contributed by atoms with Gasteiger partial charge >= 0.3 is 11.9 Å². The van der Waals surface area contributed by atoms with E-state index in [4.69, 9.17) is 4.74 Å². The van der Waals surface area contributed by atoms with Gasteiger partial charge < -0.3 is 15.2 Å². The molecule has 3 atom stereocenters. The van der Waals surface area contributed by atoms with E-state index in [0.29, 0.717) is 23.8 Å². The number of hydrogen-bond acceptors (Lipinski definition) is 8. The lowest BCUT2D eigenvalue weighted by molar-refractivity contribution is -0.161. The minimum absolute atomic E-state index is 0.0290. The summed E-state index contributed by atoms with van der Waals surface area (Å²) in [6.45, 7) is 2.74. The molecule has 0 radical (unpaired) electrons. The number of fused-ring (bicyclic) bond motifs is 3. The van der Waals surface area contributed by atoms with Gasteiger partial charge in [-0.3, -0.25) is 9.69 Å². The van der Waals surface area contributed by atoms with Gasteiger partial charge in [0.2, 0.25) is 10.0 Å². The lowest BCUT2D eigenvalue weighted by Crippen LogP contribution is -2.52. The molecule has 4 aliphatic heterocycles. The molecule has 2 aromatic carbocycles. The number of sulfonamides is 1. The molecule has 1 unspecified atom stereocenters. The van der Waals surface area contributed by atoms with Crippen molar-refractivity contribution in [1.29, 1.82) is 0 Å². The van der Waals surface area contributed by atoms with Crippen LogP contribution in [0.25, 0.3) is 0 Å².